The summed E-state index contributed by atoms with van der Waals surface area (Å²) in [6.45, 7) is 2.13. The van der Waals surface area contributed by atoms with Crippen LogP contribution in [0.15, 0.2) is 54.6 Å². The fourth-order valence-corrected chi connectivity index (χ4v) is 1.98. The Bertz CT molecular complexity index is 523. The molecule has 0 amide bonds. The summed E-state index contributed by atoms with van der Waals surface area (Å²) in [5.41, 5.74) is 3.31. The zero-order chi connectivity index (χ0) is 12.8. The first-order valence-electron chi connectivity index (χ1n) is 6.00. The van der Waals surface area contributed by atoms with Gasteiger partial charge in [0, 0.05) is 11.4 Å². The van der Waals surface area contributed by atoms with E-state index in [9.17, 15) is 0 Å². The molecule has 0 atom stereocenters. The summed E-state index contributed by atoms with van der Waals surface area (Å²) in [6.07, 6.45) is 0.983. The SMILES string of the molecule is CCc1ccccc1NC(=S)Nc1ccccc1. The molecule has 0 unspecified atom stereocenters. The van der Waals surface area contributed by atoms with E-state index in [-0.39, 0.29) is 0 Å². The minimum absolute atomic E-state index is 0.613. The smallest absolute Gasteiger partial charge is 0.175 e. The van der Waals surface area contributed by atoms with Crippen molar-refractivity contribution in [3.8, 4) is 0 Å². The topological polar surface area (TPSA) is 24.1 Å². The number of aryl methyl sites for hydroxylation is 1. The van der Waals surface area contributed by atoms with E-state index in [0.29, 0.717) is 5.11 Å². The van der Waals surface area contributed by atoms with E-state index in [1.165, 1.54) is 5.56 Å². The van der Waals surface area contributed by atoms with Gasteiger partial charge in [-0.05, 0) is 42.4 Å². The molecule has 0 aromatic heterocycles. The van der Waals surface area contributed by atoms with Gasteiger partial charge >= 0.3 is 0 Å². The highest BCUT2D eigenvalue weighted by molar-refractivity contribution is 7.80. The molecule has 2 aromatic carbocycles. The van der Waals surface area contributed by atoms with Crippen LogP contribution in [0.5, 0.6) is 0 Å². The molecule has 0 heterocycles. The number of benzene rings is 2. The van der Waals surface area contributed by atoms with Gasteiger partial charge in [0.2, 0.25) is 0 Å². The van der Waals surface area contributed by atoms with Crippen molar-refractivity contribution in [2.24, 2.45) is 0 Å². The molecular formula is C15H16N2S. The van der Waals surface area contributed by atoms with E-state index in [2.05, 4.69) is 23.6 Å². The number of thiocarbonyl (C=S) groups is 1. The van der Waals surface area contributed by atoms with E-state index >= 15 is 0 Å². The van der Waals surface area contributed by atoms with E-state index in [1.54, 1.807) is 0 Å². The summed E-state index contributed by atoms with van der Waals surface area (Å²) < 4.78 is 0. The Hall–Kier alpha value is -1.87. The van der Waals surface area contributed by atoms with Gasteiger partial charge in [0.1, 0.15) is 0 Å². The Morgan fingerprint density at radius 1 is 0.944 bits per heavy atom. The maximum Gasteiger partial charge on any atom is 0.175 e. The first kappa shape index (κ1) is 12.6. The predicted molar refractivity (Wildman–Crippen MR) is 82.1 cm³/mol. The summed E-state index contributed by atoms with van der Waals surface area (Å²) in [7, 11) is 0. The van der Waals surface area contributed by atoms with Crippen LogP contribution in [-0.4, -0.2) is 5.11 Å². The molecule has 2 rings (SSSR count). The van der Waals surface area contributed by atoms with Crippen LogP contribution in [-0.2, 0) is 6.42 Å². The number of rotatable bonds is 3. The Morgan fingerprint density at radius 2 is 1.61 bits per heavy atom. The molecule has 2 aromatic rings. The van der Waals surface area contributed by atoms with Crippen LogP contribution >= 0.6 is 12.2 Å². The van der Waals surface area contributed by atoms with Crippen LogP contribution < -0.4 is 10.6 Å². The molecule has 0 bridgehead atoms. The highest BCUT2D eigenvalue weighted by Gasteiger charge is 2.02. The normalized spacial score (nSPS) is 9.83. The van der Waals surface area contributed by atoms with Gasteiger partial charge in [0.25, 0.3) is 0 Å². The van der Waals surface area contributed by atoms with Crippen LogP contribution in [0.1, 0.15) is 12.5 Å². The van der Waals surface area contributed by atoms with Crippen molar-refractivity contribution in [3.63, 3.8) is 0 Å². The molecule has 3 heteroatoms. The summed E-state index contributed by atoms with van der Waals surface area (Å²) in [5, 5.41) is 7.01. The van der Waals surface area contributed by atoms with Crippen molar-refractivity contribution < 1.29 is 0 Å². The van der Waals surface area contributed by atoms with Crippen LogP contribution in [0.3, 0.4) is 0 Å². The Balaban J connectivity index is 2.03. The Morgan fingerprint density at radius 3 is 2.33 bits per heavy atom. The molecule has 0 saturated heterocycles. The number of hydrogen-bond acceptors (Lipinski definition) is 1. The minimum Gasteiger partial charge on any atom is -0.332 e. The van der Waals surface area contributed by atoms with Crippen molar-refractivity contribution in [2.75, 3.05) is 10.6 Å². The third-order valence-corrected chi connectivity index (χ3v) is 2.88. The monoisotopic (exact) mass is 256 g/mol. The third kappa shape index (κ3) is 3.31. The van der Waals surface area contributed by atoms with Gasteiger partial charge < -0.3 is 10.6 Å². The Kier molecular flexibility index (Phi) is 4.31. The zero-order valence-corrected chi connectivity index (χ0v) is 11.1. The van der Waals surface area contributed by atoms with Crippen LogP contribution in [0.25, 0.3) is 0 Å². The van der Waals surface area contributed by atoms with Crippen molar-refractivity contribution in [1.29, 1.82) is 0 Å². The summed E-state index contributed by atoms with van der Waals surface area (Å²) in [5.74, 6) is 0. The lowest BCUT2D eigenvalue weighted by molar-refractivity contribution is 1.14. The lowest BCUT2D eigenvalue weighted by Crippen LogP contribution is -2.19. The molecule has 0 aliphatic heterocycles. The van der Waals surface area contributed by atoms with Gasteiger partial charge in [-0.2, -0.15) is 0 Å². The van der Waals surface area contributed by atoms with Gasteiger partial charge in [-0.15, -0.1) is 0 Å². The second-order valence-electron chi connectivity index (χ2n) is 3.96. The summed E-state index contributed by atoms with van der Waals surface area (Å²) in [4.78, 5) is 0. The molecule has 0 aliphatic carbocycles. The van der Waals surface area contributed by atoms with Gasteiger partial charge in [-0.1, -0.05) is 43.3 Å². The lowest BCUT2D eigenvalue weighted by atomic mass is 10.1. The van der Waals surface area contributed by atoms with Crippen molar-refractivity contribution in [1.82, 2.24) is 0 Å². The number of hydrogen-bond donors (Lipinski definition) is 2. The maximum atomic E-state index is 5.30. The van der Waals surface area contributed by atoms with Crippen molar-refractivity contribution >= 4 is 28.7 Å². The maximum absolute atomic E-state index is 5.30. The van der Waals surface area contributed by atoms with Gasteiger partial charge in [0.05, 0.1) is 0 Å². The van der Waals surface area contributed by atoms with Gasteiger partial charge in [-0.25, -0.2) is 0 Å². The molecular weight excluding hydrogens is 240 g/mol. The van der Waals surface area contributed by atoms with Crippen molar-refractivity contribution in [3.05, 3.63) is 60.2 Å². The number of nitrogens with one attached hydrogen (secondary N) is 2. The average molecular weight is 256 g/mol. The number of anilines is 2. The molecule has 0 spiro atoms. The molecule has 0 saturated carbocycles. The van der Waals surface area contributed by atoms with E-state index in [4.69, 9.17) is 12.2 Å². The second kappa shape index (κ2) is 6.17. The van der Waals surface area contributed by atoms with Crippen LogP contribution in [0, 0.1) is 0 Å². The standard InChI is InChI=1S/C15H16N2S/c1-2-12-8-6-7-11-14(12)17-15(18)16-13-9-4-3-5-10-13/h3-11H,2H2,1H3,(H2,16,17,18). The first-order valence-corrected chi connectivity index (χ1v) is 6.41. The second-order valence-corrected chi connectivity index (χ2v) is 4.36. The lowest BCUT2D eigenvalue weighted by Gasteiger charge is -2.13. The molecule has 0 radical (unpaired) electrons. The third-order valence-electron chi connectivity index (χ3n) is 2.68. The van der Waals surface area contributed by atoms with E-state index in [1.807, 2.05) is 48.5 Å². The summed E-state index contributed by atoms with van der Waals surface area (Å²) >= 11 is 5.30. The molecule has 0 fully saturated rings. The van der Waals surface area contributed by atoms with E-state index in [0.717, 1.165) is 17.8 Å². The van der Waals surface area contributed by atoms with Crippen LogP contribution in [0.4, 0.5) is 11.4 Å². The van der Waals surface area contributed by atoms with Crippen LogP contribution in [0.2, 0.25) is 0 Å². The van der Waals surface area contributed by atoms with Crippen molar-refractivity contribution in [2.45, 2.75) is 13.3 Å². The minimum atomic E-state index is 0.613. The molecule has 2 nitrogen and oxygen atoms in total. The Labute approximate surface area is 113 Å². The first-order chi connectivity index (χ1) is 8.79. The fraction of sp³-hybridized carbons (Fsp3) is 0.133. The average Bonchev–Trinajstić information content (AvgIpc) is 2.40. The highest BCUT2D eigenvalue weighted by atomic mass is 32.1. The largest absolute Gasteiger partial charge is 0.332 e. The quantitative estimate of drug-likeness (QED) is 0.810. The van der Waals surface area contributed by atoms with E-state index < -0.39 is 0 Å². The van der Waals surface area contributed by atoms with Gasteiger partial charge in [0.15, 0.2) is 5.11 Å². The predicted octanol–water partition coefficient (Wildman–Crippen LogP) is 4.06. The molecule has 92 valence electrons. The zero-order valence-electron chi connectivity index (χ0n) is 10.3. The summed E-state index contributed by atoms with van der Waals surface area (Å²) in [6, 6.07) is 18.1. The fourth-order valence-electron chi connectivity index (χ4n) is 1.76. The highest BCUT2D eigenvalue weighted by Crippen LogP contribution is 2.16. The molecule has 2 N–H and O–H groups in total. The van der Waals surface area contributed by atoms with Gasteiger partial charge in [-0.3, -0.25) is 0 Å². The molecule has 0 aliphatic rings. The molecule has 18 heavy (non-hydrogen) atoms. The number of para-hydroxylation sites is 2.